The minimum absolute atomic E-state index is 0.0381. The van der Waals surface area contributed by atoms with Crippen LogP contribution >= 0.6 is 0 Å². The van der Waals surface area contributed by atoms with Gasteiger partial charge in [-0.15, -0.1) is 0 Å². The van der Waals surface area contributed by atoms with Crippen LogP contribution in [-0.4, -0.2) is 33.4 Å². The Morgan fingerprint density at radius 1 is 1.14 bits per heavy atom. The number of nitrogens with zero attached hydrogens (tertiary/aromatic N) is 2. The van der Waals surface area contributed by atoms with Crippen LogP contribution in [0.15, 0.2) is 42.9 Å². The summed E-state index contributed by atoms with van der Waals surface area (Å²) >= 11 is 0. The Labute approximate surface area is 163 Å². The lowest BCUT2D eigenvalue weighted by Crippen LogP contribution is -2.46. The highest BCUT2D eigenvalue weighted by Gasteiger charge is 2.45. The second-order valence-corrected chi connectivity index (χ2v) is 7.81. The molecule has 2 aliphatic carbocycles. The predicted molar refractivity (Wildman–Crippen MR) is 101 cm³/mol. The topological polar surface area (TPSA) is 84.0 Å². The maximum atomic E-state index is 13.4. The zero-order chi connectivity index (χ0) is 19.6. The molecule has 2 aliphatic rings. The lowest BCUT2D eigenvalue weighted by Gasteiger charge is -2.29. The van der Waals surface area contributed by atoms with Crippen LogP contribution in [0.5, 0.6) is 0 Å². The summed E-state index contributed by atoms with van der Waals surface area (Å²) in [5, 5.41) is 6.29. The monoisotopic (exact) mass is 382 g/mol. The molecule has 7 heteroatoms. The first-order valence-corrected chi connectivity index (χ1v) is 9.70. The Bertz CT molecular complexity index is 876. The molecule has 2 amide bonds. The van der Waals surface area contributed by atoms with Gasteiger partial charge in [0.25, 0.3) is 11.8 Å². The van der Waals surface area contributed by atoms with Crippen molar-refractivity contribution in [1.29, 1.82) is 0 Å². The molecule has 1 heterocycles. The van der Waals surface area contributed by atoms with Gasteiger partial charge in [0.2, 0.25) is 0 Å². The second-order valence-electron chi connectivity index (χ2n) is 7.81. The van der Waals surface area contributed by atoms with Crippen LogP contribution in [0.2, 0.25) is 0 Å². The molecule has 6 nitrogen and oxygen atoms in total. The first-order valence-electron chi connectivity index (χ1n) is 9.70. The van der Waals surface area contributed by atoms with E-state index in [1.807, 2.05) is 0 Å². The zero-order valence-electron chi connectivity index (χ0n) is 15.5. The number of amides is 2. The average Bonchev–Trinajstić information content (AvgIpc) is 3.03. The molecule has 28 heavy (non-hydrogen) atoms. The summed E-state index contributed by atoms with van der Waals surface area (Å²) in [7, 11) is 0. The standard InChI is InChI=1S/C21H23FN4O2/c22-16-4-1-3-14(11-16)19(27)25-17-5-2-8-21(9-6-15(17)12-21)26-20(28)18-7-10-23-13-24-18/h1,3-4,7,10-11,13,15,17H,2,5-6,8-9,12H2,(H,25,27)(H,26,28). The van der Waals surface area contributed by atoms with Gasteiger partial charge in [-0.25, -0.2) is 14.4 Å². The minimum Gasteiger partial charge on any atom is -0.349 e. The van der Waals surface area contributed by atoms with E-state index < -0.39 is 5.82 Å². The first kappa shape index (κ1) is 18.5. The van der Waals surface area contributed by atoms with Crippen LogP contribution in [0.1, 0.15) is 59.4 Å². The number of hydrogen-bond acceptors (Lipinski definition) is 4. The van der Waals surface area contributed by atoms with Gasteiger partial charge in [0, 0.05) is 23.3 Å². The number of hydrogen-bond donors (Lipinski definition) is 2. The van der Waals surface area contributed by atoms with Gasteiger partial charge < -0.3 is 10.6 Å². The molecular formula is C21H23FN4O2. The summed E-state index contributed by atoms with van der Waals surface area (Å²) in [4.78, 5) is 33.0. The smallest absolute Gasteiger partial charge is 0.270 e. The van der Waals surface area contributed by atoms with Gasteiger partial charge in [-0.05, 0) is 68.7 Å². The van der Waals surface area contributed by atoms with Crippen molar-refractivity contribution >= 4 is 11.8 Å². The molecule has 0 spiro atoms. The van der Waals surface area contributed by atoms with Crippen LogP contribution in [0, 0.1) is 11.7 Å². The average molecular weight is 382 g/mol. The van der Waals surface area contributed by atoms with E-state index in [9.17, 15) is 14.0 Å². The number of benzene rings is 1. The van der Waals surface area contributed by atoms with E-state index in [2.05, 4.69) is 20.6 Å². The van der Waals surface area contributed by atoms with Crippen molar-refractivity contribution in [2.75, 3.05) is 0 Å². The third-order valence-corrected chi connectivity index (χ3v) is 5.98. The van der Waals surface area contributed by atoms with Crippen LogP contribution in [0.4, 0.5) is 4.39 Å². The van der Waals surface area contributed by atoms with Crippen molar-refractivity contribution < 1.29 is 14.0 Å². The van der Waals surface area contributed by atoms with E-state index in [0.717, 1.165) is 38.5 Å². The predicted octanol–water partition coefficient (Wildman–Crippen LogP) is 2.87. The molecule has 2 N–H and O–H groups in total. The minimum atomic E-state index is -0.416. The van der Waals surface area contributed by atoms with Crippen molar-refractivity contribution in [2.24, 2.45) is 5.92 Å². The number of rotatable bonds is 4. The first-order chi connectivity index (χ1) is 13.5. The fraction of sp³-hybridized carbons (Fsp3) is 0.429. The highest BCUT2D eigenvalue weighted by molar-refractivity contribution is 5.94. The highest BCUT2D eigenvalue weighted by Crippen LogP contribution is 2.43. The van der Waals surface area contributed by atoms with Crippen molar-refractivity contribution in [3.8, 4) is 0 Å². The normalized spacial score (nSPS) is 26.3. The van der Waals surface area contributed by atoms with E-state index >= 15 is 0 Å². The van der Waals surface area contributed by atoms with Gasteiger partial charge >= 0.3 is 0 Å². The molecule has 0 radical (unpaired) electrons. The number of nitrogens with one attached hydrogen (secondary N) is 2. The van der Waals surface area contributed by atoms with Gasteiger partial charge in [-0.2, -0.15) is 0 Å². The summed E-state index contributed by atoms with van der Waals surface area (Å²) in [5.74, 6) is -0.536. The number of halogens is 1. The second kappa shape index (κ2) is 7.66. The lowest BCUT2D eigenvalue weighted by atomic mass is 9.91. The molecule has 0 saturated heterocycles. The largest absolute Gasteiger partial charge is 0.349 e. The molecule has 146 valence electrons. The van der Waals surface area contributed by atoms with Gasteiger partial charge in [0.1, 0.15) is 17.8 Å². The summed E-state index contributed by atoms with van der Waals surface area (Å²) < 4.78 is 13.4. The van der Waals surface area contributed by atoms with Crippen LogP contribution in [-0.2, 0) is 0 Å². The summed E-state index contributed by atoms with van der Waals surface area (Å²) in [6.45, 7) is 0. The zero-order valence-corrected chi connectivity index (χ0v) is 15.5. The molecule has 2 bridgehead atoms. The molecular weight excluding hydrogens is 359 g/mol. The van der Waals surface area contributed by atoms with E-state index in [0.29, 0.717) is 17.2 Å². The van der Waals surface area contributed by atoms with Crippen LogP contribution < -0.4 is 10.6 Å². The molecule has 1 aromatic carbocycles. The van der Waals surface area contributed by atoms with Crippen molar-refractivity contribution in [3.63, 3.8) is 0 Å². The Morgan fingerprint density at radius 2 is 2.04 bits per heavy atom. The third kappa shape index (κ3) is 3.88. The highest BCUT2D eigenvalue weighted by atomic mass is 19.1. The molecule has 2 saturated carbocycles. The Kier molecular flexibility index (Phi) is 5.07. The van der Waals surface area contributed by atoms with Crippen molar-refractivity contribution in [2.45, 2.75) is 50.1 Å². The van der Waals surface area contributed by atoms with E-state index in [-0.39, 0.29) is 23.4 Å². The fourth-order valence-corrected chi connectivity index (χ4v) is 4.61. The van der Waals surface area contributed by atoms with Crippen LogP contribution in [0.25, 0.3) is 0 Å². The van der Waals surface area contributed by atoms with E-state index in [1.165, 1.54) is 18.5 Å². The molecule has 2 aromatic rings. The molecule has 3 atom stereocenters. The quantitative estimate of drug-likeness (QED) is 0.852. The van der Waals surface area contributed by atoms with Gasteiger partial charge in [0.15, 0.2) is 0 Å². The molecule has 1 aromatic heterocycles. The third-order valence-electron chi connectivity index (χ3n) is 5.98. The Balaban J connectivity index is 1.42. The van der Waals surface area contributed by atoms with Crippen molar-refractivity contribution in [1.82, 2.24) is 20.6 Å². The van der Waals surface area contributed by atoms with Crippen molar-refractivity contribution in [3.05, 3.63) is 59.9 Å². The Morgan fingerprint density at radius 3 is 2.82 bits per heavy atom. The van der Waals surface area contributed by atoms with E-state index in [1.54, 1.807) is 24.4 Å². The molecule has 0 aliphatic heterocycles. The lowest BCUT2D eigenvalue weighted by molar-refractivity contribution is 0.0883. The number of aromatic nitrogens is 2. The maximum Gasteiger partial charge on any atom is 0.270 e. The maximum absolute atomic E-state index is 13.4. The van der Waals surface area contributed by atoms with E-state index in [4.69, 9.17) is 0 Å². The number of carbonyl (C=O) groups is 2. The van der Waals surface area contributed by atoms with Crippen LogP contribution in [0.3, 0.4) is 0 Å². The SMILES string of the molecule is O=C(NC1CCCC2(NC(=O)c3ccncn3)CCC1C2)c1cccc(F)c1. The van der Waals surface area contributed by atoms with Gasteiger partial charge in [-0.1, -0.05) is 6.07 Å². The number of fused-ring (bicyclic) bond motifs is 2. The molecule has 4 rings (SSSR count). The Hall–Kier alpha value is -2.83. The molecule has 2 fully saturated rings. The summed E-state index contributed by atoms with van der Waals surface area (Å²) in [5.41, 5.74) is 0.462. The number of carbonyl (C=O) groups excluding carboxylic acids is 2. The summed E-state index contributed by atoms with van der Waals surface area (Å²) in [6, 6.07) is 7.39. The van der Waals surface area contributed by atoms with Gasteiger partial charge in [-0.3, -0.25) is 9.59 Å². The van der Waals surface area contributed by atoms with Gasteiger partial charge in [0.05, 0.1) is 0 Å². The fourth-order valence-electron chi connectivity index (χ4n) is 4.61. The molecule has 3 unspecified atom stereocenters. The summed E-state index contributed by atoms with van der Waals surface area (Å²) in [6.07, 6.45) is 8.24.